The summed E-state index contributed by atoms with van der Waals surface area (Å²) in [5.74, 6) is 0. The van der Waals surface area contributed by atoms with Crippen LogP contribution in [0.25, 0.3) is 10.4 Å². The lowest BCUT2D eigenvalue weighted by Gasteiger charge is -2.28. The van der Waals surface area contributed by atoms with Crippen molar-refractivity contribution < 1.29 is 9.90 Å². The molecular weight excluding hydrogens is 274 g/mol. The van der Waals surface area contributed by atoms with E-state index in [0.29, 0.717) is 0 Å². The number of nitrogens with zero attached hydrogens (tertiary/aromatic N) is 2. The summed E-state index contributed by atoms with van der Waals surface area (Å²) < 4.78 is 0. The van der Waals surface area contributed by atoms with Crippen molar-refractivity contribution in [3.05, 3.63) is 35.7 Å². The predicted octanol–water partition coefficient (Wildman–Crippen LogP) is 3.56. The first-order valence-corrected chi connectivity index (χ1v) is 7.05. The van der Waals surface area contributed by atoms with Gasteiger partial charge in [-0.3, -0.25) is 4.98 Å². The van der Waals surface area contributed by atoms with Gasteiger partial charge in [-0.1, -0.05) is 20.8 Å². The zero-order valence-electron chi connectivity index (χ0n) is 11.6. The van der Waals surface area contributed by atoms with Crippen LogP contribution in [0.5, 0.6) is 0 Å². The van der Waals surface area contributed by atoms with Crippen LogP contribution in [-0.4, -0.2) is 21.2 Å². The molecule has 6 heteroatoms. The average molecular weight is 291 g/mol. The van der Waals surface area contributed by atoms with Crippen LogP contribution in [0.15, 0.2) is 30.7 Å². The Bertz CT molecular complexity index is 590. The van der Waals surface area contributed by atoms with Gasteiger partial charge in [-0.05, 0) is 23.1 Å². The molecule has 5 nitrogen and oxygen atoms in total. The molecule has 20 heavy (non-hydrogen) atoms. The van der Waals surface area contributed by atoms with Crippen LogP contribution in [0.3, 0.4) is 0 Å². The van der Waals surface area contributed by atoms with E-state index in [0.717, 1.165) is 15.4 Å². The third-order valence-corrected chi connectivity index (χ3v) is 3.98. The Morgan fingerprint density at radius 1 is 1.35 bits per heavy atom. The maximum absolute atomic E-state index is 11.0. The molecule has 0 spiro atoms. The van der Waals surface area contributed by atoms with Crippen molar-refractivity contribution in [2.45, 2.75) is 26.8 Å². The number of carboxylic acid groups (broad SMARTS) is 1. The standard InChI is InChI=1S/C14H17N3O2S/c1-14(2,3)11(17-13(18)19)12-16-8-10(20-12)9-4-6-15-7-5-9/h4-8,11,17H,1-3H3,(H,18,19). The smallest absolute Gasteiger partial charge is 0.405 e. The lowest BCUT2D eigenvalue weighted by molar-refractivity contribution is 0.175. The SMILES string of the molecule is CC(C)(C)C(NC(=O)O)c1ncc(-c2ccncc2)s1. The van der Waals surface area contributed by atoms with E-state index in [1.807, 2.05) is 32.9 Å². The van der Waals surface area contributed by atoms with Crippen LogP contribution in [0.2, 0.25) is 0 Å². The van der Waals surface area contributed by atoms with Crippen molar-refractivity contribution in [2.75, 3.05) is 0 Å². The second-order valence-electron chi connectivity index (χ2n) is 5.55. The highest BCUT2D eigenvalue weighted by Crippen LogP contribution is 2.37. The Morgan fingerprint density at radius 2 is 2.00 bits per heavy atom. The molecule has 2 rings (SSSR count). The first kappa shape index (κ1) is 14.5. The number of nitrogens with one attached hydrogen (secondary N) is 1. The van der Waals surface area contributed by atoms with Crippen LogP contribution < -0.4 is 5.32 Å². The van der Waals surface area contributed by atoms with Gasteiger partial charge in [0.2, 0.25) is 0 Å². The number of thiazole rings is 1. The Kier molecular flexibility index (Phi) is 4.04. The highest BCUT2D eigenvalue weighted by Gasteiger charge is 2.30. The fourth-order valence-corrected chi connectivity index (χ4v) is 3.06. The predicted molar refractivity (Wildman–Crippen MR) is 78.7 cm³/mol. The zero-order valence-corrected chi connectivity index (χ0v) is 12.4. The number of pyridine rings is 1. The molecule has 106 valence electrons. The Hall–Kier alpha value is -1.95. The van der Waals surface area contributed by atoms with Crippen molar-refractivity contribution in [2.24, 2.45) is 5.41 Å². The minimum absolute atomic E-state index is 0.244. The third-order valence-electron chi connectivity index (χ3n) is 2.87. The molecule has 0 aliphatic heterocycles. The van der Waals surface area contributed by atoms with Gasteiger partial charge >= 0.3 is 6.09 Å². The summed E-state index contributed by atoms with van der Waals surface area (Å²) in [6.45, 7) is 5.96. The maximum atomic E-state index is 11.0. The molecular formula is C14H17N3O2S. The van der Waals surface area contributed by atoms with E-state index in [4.69, 9.17) is 5.11 Å². The second kappa shape index (κ2) is 5.58. The Balaban J connectivity index is 2.32. The highest BCUT2D eigenvalue weighted by atomic mass is 32.1. The maximum Gasteiger partial charge on any atom is 0.405 e. The van der Waals surface area contributed by atoms with Gasteiger partial charge in [0.1, 0.15) is 5.01 Å². The number of aromatic nitrogens is 2. The van der Waals surface area contributed by atoms with Crippen molar-refractivity contribution in [3.63, 3.8) is 0 Å². The van der Waals surface area contributed by atoms with Gasteiger partial charge in [-0.25, -0.2) is 9.78 Å². The van der Waals surface area contributed by atoms with E-state index < -0.39 is 6.09 Å². The highest BCUT2D eigenvalue weighted by molar-refractivity contribution is 7.15. The molecule has 2 heterocycles. The van der Waals surface area contributed by atoms with Gasteiger partial charge < -0.3 is 10.4 Å². The molecule has 0 saturated heterocycles. The van der Waals surface area contributed by atoms with E-state index in [-0.39, 0.29) is 11.5 Å². The van der Waals surface area contributed by atoms with E-state index in [1.54, 1.807) is 18.6 Å². The monoisotopic (exact) mass is 291 g/mol. The van der Waals surface area contributed by atoms with Crippen LogP contribution in [0.1, 0.15) is 31.8 Å². The van der Waals surface area contributed by atoms with Gasteiger partial charge in [0.25, 0.3) is 0 Å². The number of hydrogen-bond donors (Lipinski definition) is 2. The summed E-state index contributed by atoms with van der Waals surface area (Å²) in [7, 11) is 0. The molecule has 2 aromatic rings. The molecule has 0 fully saturated rings. The molecule has 2 aromatic heterocycles. The summed E-state index contributed by atoms with van der Waals surface area (Å²) >= 11 is 1.50. The molecule has 0 bridgehead atoms. The van der Waals surface area contributed by atoms with Gasteiger partial charge in [-0.15, -0.1) is 11.3 Å². The molecule has 2 N–H and O–H groups in total. The van der Waals surface area contributed by atoms with Crippen LogP contribution in [-0.2, 0) is 0 Å². The van der Waals surface area contributed by atoms with Crippen molar-refractivity contribution >= 4 is 17.4 Å². The van der Waals surface area contributed by atoms with Crippen molar-refractivity contribution in [1.29, 1.82) is 0 Å². The Labute approximate surface area is 121 Å². The van der Waals surface area contributed by atoms with Gasteiger partial charge in [-0.2, -0.15) is 0 Å². The van der Waals surface area contributed by atoms with Crippen LogP contribution >= 0.6 is 11.3 Å². The number of hydrogen-bond acceptors (Lipinski definition) is 4. The number of rotatable bonds is 3. The topological polar surface area (TPSA) is 75.1 Å². The Morgan fingerprint density at radius 3 is 2.55 bits per heavy atom. The molecule has 0 radical (unpaired) electrons. The van der Waals surface area contributed by atoms with Crippen molar-refractivity contribution in [1.82, 2.24) is 15.3 Å². The third kappa shape index (κ3) is 3.33. The zero-order chi connectivity index (χ0) is 14.8. The van der Waals surface area contributed by atoms with E-state index in [1.165, 1.54) is 11.3 Å². The first-order valence-electron chi connectivity index (χ1n) is 6.23. The largest absolute Gasteiger partial charge is 0.465 e. The molecule has 0 aliphatic rings. The van der Waals surface area contributed by atoms with Gasteiger partial charge in [0.05, 0.1) is 10.9 Å². The molecule has 1 atom stereocenters. The number of carbonyl (C=O) groups is 1. The minimum atomic E-state index is -1.04. The quantitative estimate of drug-likeness (QED) is 0.906. The molecule has 0 aliphatic carbocycles. The van der Waals surface area contributed by atoms with E-state index in [9.17, 15) is 4.79 Å². The molecule has 1 amide bonds. The second-order valence-corrected chi connectivity index (χ2v) is 6.61. The first-order chi connectivity index (χ1) is 9.38. The fourth-order valence-electron chi connectivity index (χ4n) is 1.84. The summed E-state index contributed by atoms with van der Waals surface area (Å²) in [5.41, 5.74) is 0.790. The lowest BCUT2D eigenvalue weighted by Crippen LogP contribution is -2.35. The average Bonchev–Trinajstić information content (AvgIpc) is 2.84. The lowest BCUT2D eigenvalue weighted by atomic mass is 9.87. The summed E-state index contributed by atoms with van der Waals surface area (Å²) in [4.78, 5) is 20.3. The van der Waals surface area contributed by atoms with Crippen molar-refractivity contribution in [3.8, 4) is 10.4 Å². The van der Waals surface area contributed by atoms with Crippen LogP contribution in [0.4, 0.5) is 4.79 Å². The molecule has 0 aromatic carbocycles. The fraction of sp³-hybridized carbons (Fsp3) is 0.357. The summed E-state index contributed by atoms with van der Waals surface area (Å²) in [6.07, 6.45) is 4.19. The summed E-state index contributed by atoms with van der Waals surface area (Å²) in [5, 5.41) is 12.3. The normalized spacial score (nSPS) is 12.9. The minimum Gasteiger partial charge on any atom is -0.465 e. The van der Waals surface area contributed by atoms with E-state index >= 15 is 0 Å². The molecule has 1 unspecified atom stereocenters. The molecule has 0 saturated carbocycles. The number of amides is 1. The van der Waals surface area contributed by atoms with E-state index in [2.05, 4.69) is 15.3 Å². The van der Waals surface area contributed by atoms with Gasteiger partial charge in [0.15, 0.2) is 0 Å². The summed E-state index contributed by atoms with van der Waals surface area (Å²) in [6, 6.07) is 3.49. The van der Waals surface area contributed by atoms with Gasteiger partial charge in [0, 0.05) is 18.6 Å². The van der Waals surface area contributed by atoms with Crippen LogP contribution in [0, 0.1) is 5.41 Å².